The molecule has 0 bridgehead atoms. The van der Waals surface area contributed by atoms with Crippen LogP contribution in [0.25, 0.3) is 0 Å². The zero-order chi connectivity index (χ0) is 12.0. The Bertz CT molecular complexity index is 326. The first-order valence-corrected chi connectivity index (χ1v) is 5.74. The van der Waals surface area contributed by atoms with E-state index in [1.807, 2.05) is 19.1 Å². The number of methoxy groups -OCH3 is 1. The molecule has 1 aromatic rings. The van der Waals surface area contributed by atoms with Gasteiger partial charge in [0.1, 0.15) is 0 Å². The summed E-state index contributed by atoms with van der Waals surface area (Å²) in [6.45, 7) is 5.45. The van der Waals surface area contributed by atoms with Crippen LogP contribution in [0, 0.1) is 0 Å². The van der Waals surface area contributed by atoms with E-state index in [4.69, 9.17) is 15.2 Å². The van der Waals surface area contributed by atoms with Gasteiger partial charge >= 0.3 is 0 Å². The molecule has 0 saturated heterocycles. The van der Waals surface area contributed by atoms with Crippen molar-refractivity contribution in [3.8, 4) is 11.5 Å². The lowest BCUT2D eigenvalue weighted by atomic mass is 9.96. The third-order valence-electron chi connectivity index (χ3n) is 2.64. The summed E-state index contributed by atoms with van der Waals surface area (Å²) < 4.78 is 11.0. The maximum absolute atomic E-state index is 5.58. The molecular formula is C13H21NO2. The lowest BCUT2D eigenvalue weighted by molar-refractivity contribution is 0.308. The number of rotatable bonds is 6. The summed E-state index contributed by atoms with van der Waals surface area (Å²) in [5.41, 5.74) is 6.75. The minimum absolute atomic E-state index is 0.389. The number of ether oxygens (including phenoxy) is 2. The van der Waals surface area contributed by atoms with Crippen LogP contribution >= 0.6 is 0 Å². The van der Waals surface area contributed by atoms with Gasteiger partial charge in [-0.3, -0.25) is 0 Å². The molecule has 0 fully saturated rings. The topological polar surface area (TPSA) is 44.5 Å². The minimum Gasteiger partial charge on any atom is -0.493 e. The van der Waals surface area contributed by atoms with E-state index in [1.165, 1.54) is 5.56 Å². The van der Waals surface area contributed by atoms with Gasteiger partial charge in [-0.1, -0.05) is 19.1 Å². The van der Waals surface area contributed by atoms with Gasteiger partial charge < -0.3 is 15.2 Å². The van der Waals surface area contributed by atoms with Gasteiger partial charge in [0.05, 0.1) is 13.7 Å². The first-order chi connectivity index (χ1) is 7.74. The van der Waals surface area contributed by atoms with Crippen molar-refractivity contribution in [1.29, 1.82) is 0 Å². The van der Waals surface area contributed by atoms with Crippen LogP contribution in [0.4, 0.5) is 0 Å². The second-order valence-electron chi connectivity index (χ2n) is 3.79. The molecule has 0 saturated carbocycles. The van der Waals surface area contributed by atoms with Crippen LogP contribution in [-0.4, -0.2) is 20.3 Å². The van der Waals surface area contributed by atoms with Crippen LogP contribution in [0.5, 0.6) is 11.5 Å². The molecule has 0 aliphatic carbocycles. The van der Waals surface area contributed by atoms with E-state index >= 15 is 0 Å². The molecule has 1 rings (SSSR count). The van der Waals surface area contributed by atoms with Crippen molar-refractivity contribution >= 4 is 0 Å². The Kier molecular flexibility index (Phi) is 5.12. The molecule has 90 valence electrons. The van der Waals surface area contributed by atoms with Crippen molar-refractivity contribution in [3.63, 3.8) is 0 Å². The van der Waals surface area contributed by atoms with Crippen molar-refractivity contribution in [1.82, 2.24) is 0 Å². The smallest absolute Gasteiger partial charge is 0.164 e. The fourth-order valence-electron chi connectivity index (χ4n) is 1.81. The Labute approximate surface area is 97.6 Å². The molecule has 0 aliphatic rings. The average molecular weight is 223 g/mol. The molecule has 2 N–H and O–H groups in total. The second kappa shape index (κ2) is 6.38. The summed E-state index contributed by atoms with van der Waals surface area (Å²) in [5.74, 6) is 2.04. The summed E-state index contributed by atoms with van der Waals surface area (Å²) in [6.07, 6.45) is 0.950. The highest BCUT2D eigenvalue weighted by Crippen LogP contribution is 2.36. The molecule has 1 atom stereocenters. The van der Waals surface area contributed by atoms with Gasteiger partial charge in [0.2, 0.25) is 0 Å². The van der Waals surface area contributed by atoms with Gasteiger partial charge in [-0.05, 0) is 31.9 Å². The monoisotopic (exact) mass is 223 g/mol. The first kappa shape index (κ1) is 12.8. The lowest BCUT2D eigenvalue weighted by Crippen LogP contribution is -2.06. The maximum atomic E-state index is 5.58. The van der Waals surface area contributed by atoms with E-state index in [0.29, 0.717) is 19.1 Å². The van der Waals surface area contributed by atoms with Gasteiger partial charge in [0, 0.05) is 5.56 Å². The summed E-state index contributed by atoms with van der Waals surface area (Å²) in [5, 5.41) is 0. The Hall–Kier alpha value is -1.22. The standard InChI is InChI=1S/C13H21NO2/c1-4-16-12-7-5-6-11(13(12)15-3)10(2)8-9-14/h5-7,10H,4,8-9,14H2,1-3H3. The molecule has 0 radical (unpaired) electrons. The molecule has 0 aliphatic heterocycles. The van der Waals surface area contributed by atoms with Gasteiger partial charge in [-0.15, -0.1) is 0 Å². The zero-order valence-electron chi connectivity index (χ0n) is 10.3. The molecular weight excluding hydrogens is 202 g/mol. The quantitative estimate of drug-likeness (QED) is 0.806. The number of nitrogens with two attached hydrogens (primary N) is 1. The van der Waals surface area contributed by atoms with Gasteiger partial charge in [-0.2, -0.15) is 0 Å². The summed E-state index contributed by atoms with van der Waals surface area (Å²) >= 11 is 0. The van der Waals surface area contributed by atoms with Crippen LogP contribution in [0.1, 0.15) is 31.7 Å². The van der Waals surface area contributed by atoms with Crippen molar-refractivity contribution < 1.29 is 9.47 Å². The average Bonchev–Trinajstić information content (AvgIpc) is 2.29. The molecule has 3 nitrogen and oxygen atoms in total. The van der Waals surface area contributed by atoms with Crippen LogP contribution < -0.4 is 15.2 Å². The van der Waals surface area contributed by atoms with Gasteiger partial charge in [-0.25, -0.2) is 0 Å². The van der Waals surface area contributed by atoms with E-state index < -0.39 is 0 Å². The largest absolute Gasteiger partial charge is 0.493 e. The predicted molar refractivity (Wildman–Crippen MR) is 66.2 cm³/mol. The zero-order valence-corrected chi connectivity index (χ0v) is 10.3. The minimum atomic E-state index is 0.389. The molecule has 0 amide bonds. The van der Waals surface area contributed by atoms with Crippen LogP contribution in [-0.2, 0) is 0 Å². The van der Waals surface area contributed by atoms with Crippen molar-refractivity contribution in [2.24, 2.45) is 5.73 Å². The molecule has 3 heteroatoms. The van der Waals surface area contributed by atoms with Crippen LogP contribution in [0.3, 0.4) is 0 Å². The molecule has 16 heavy (non-hydrogen) atoms. The van der Waals surface area contributed by atoms with Gasteiger partial charge in [0.15, 0.2) is 11.5 Å². The summed E-state index contributed by atoms with van der Waals surface area (Å²) in [4.78, 5) is 0. The van der Waals surface area contributed by atoms with E-state index in [1.54, 1.807) is 7.11 Å². The predicted octanol–water partition coefficient (Wildman–Crippen LogP) is 2.55. The summed E-state index contributed by atoms with van der Waals surface area (Å²) in [7, 11) is 1.68. The fourth-order valence-corrected chi connectivity index (χ4v) is 1.81. The third-order valence-corrected chi connectivity index (χ3v) is 2.64. The highest BCUT2D eigenvalue weighted by Gasteiger charge is 2.14. The molecule has 0 heterocycles. The Morgan fingerprint density at radius 3 is 2.69 bits per heavy atom. The number of benzene rings is 1. The van der Waals surface area contributed by atoms with Crippen molar-refractivity contribution in [3.05, 3.63) is 23.8 Å². The van der Waals surface area contributed by atoms with E-state index in [0.717, 1.165) is 17.9 Å². The number of hydrogen-bond acceptors (Lipinski definition) is 3. The molecule has 0 spiro atoms. The third kappa shape index (κ3) is 2.89. The molecule has 0 aromatic heterocycles. The molecule has 1 aromatic carbocycles. The number of para-hydroxylation sites is 1. The van der Waals surface area contributed by atoms with Crippen LogP contribution in [0.2, 0.25) is 0 Å². The number of hydrogen-bond donors (Lipinski definition) is 1. The van der Waals surface area contributed by atoms with Crippen molar-refractivity contribution in [2.75, 3.05) is 20.3 Å². The Morgan fingerprint density at radius 2 is 2.12 bits per heavy atom. The second-order valence-corrected chi connectivity index (χ2v) is 3.79. The fraction of sp³-hybridized carbons (Fsp3) is 0.538. The van der Waals surface area contributed by atoms with Crippen molar-refractivity contribution in [2.45, 2.75) is 26.2 Å². The Morgan fingerprint density at radius 1 is 1.38 bits per heavy atom. The molecule has 1 unspecified atom stereocenters. The highest BCUT2D eigenvalue weighted by atomic mass is 16.5. The lowest BCUT2D eigenvalue weighted by Gasteiger charge is -2.17. The van der Waals surface area contributed by atoms with E-state index in [9.17, 15) is 0 Å². The normalized spacial score (nSPS) is 12.2. The van der Waals surface area contributed by atoms with Crippen LogP contribution in [0.15, 0.2) is 18.2 Å². The maximum Gasteiger partial charge on any atom is 0.164 e. The SMILES string of the molecule is CCOc1cccc(C(C)CCN)c1OC. The van der Waals surface area contributed by atoms with Gasteiger partial charge in [0.25, 0.3) is 0 Å². The Balaban J connectivity index is 3.02. The summed E-state index contributed by atoms with van der Waals surface area (Å²) in [6, 6.07) is 6.00. The van der Waals surface area contributed by atoms with E-state index in [-0.39, 0.29) is 0 Å². The first-order valence-electron chi connectivity index (χ1n) is 5.74. The highest BCUT2D eigenvalue weighted by molar-refractivity contribution is 5.48. The van der Waals surface area contributed by atoms with E-state index in [2.05, 4.69) is 13.0 Å².